The van der Waals surface area contributed by atoms with Gasteiger partial charge in [-0.15, -0.1) is 0 Å². The van der Waals surface area contributed by atoms with E-state index in [1.165, 1.54) is 12.5 Å². The van der Waals surface area contributed by atoms with Crippen molar-refractivity contribution in [2.24, 2.45) is 0 Å². The maximum absolute atomic E-state index is 10.9. The van der Waals surface area contributed by atoms with Crippen LogP contribution in [0.4, 0.5) is 5.69 Å². The molecule has 0 saturated heterocycles. The summed E-state index contributed by atoms with van der Waals surface area (Å²) in [6.07, 6.45) is 2.10. The highest BCUT2D eigenvalue weighted by Crippen LogP contribution is 2.16. The average molecular weight is 207 g/mol. The molecule has 0 radical (unpaired) electrons. The molecular formula is C13H21NO. The number of para-hydroxylation sites is 1. The molecule has 1 amide bonds. The van der Waals surface area contributed by atoms with Gasteiger partial charge in [-0.2, -0.15) is 0 Å². The van der Waals surface area contributed by atoms with Crippen LogP contribution in [0.1, 0.15) is 39.7 Å². The maximum atomic E-state index is 10.9. The van der Waals surface area contributed by atoms with Gasteiger partial charge in [0.05, 0.1) is 0 Å². The molecule has 0 bridgehead atoms. The number of anilines is 1. The molecule has 0 aliphatic carbocycles. The summed E-state index contributed by atoms with van der Waals surface area (Å²) in [4.78, 5) is 10.9. The standard InChI is InChI=1S/C11H15NO.C2H6/c1-3-6-10-7-4-5-8-11(10)12-9(2)13;1-2/h4-5,7-8H,3,6H2,1-2H3,(H,12,13);1-2H3. The van der Waals surface area contributed by atoms with Gasteiger partial charge in [0, 0.05) is 12.6 Å². The molecule has 0 aromatic heterocycles. The van der Waals surface area contributed by atoms with Crippen LogP contribution in [0.3, 0.4) is 0 Å². The van der Waals surface area contributed by atoms with Crippen molar-refractivity contribution in [3.63, 3.8) is 0 Å². The largest absolute Gasteiger partial charge is 0.326 e. The van der Waals surface area contributed by atoms with Crippen molar-refractivity contribution in [2.45, 2.75) is 40.5 Å². The van der Waals surface area contributed by atoms with E-state index < -0.39 is 0 Å². The first-order chi connectivity index (χ1) is 7.24. The van der Waals surface area contributed by atoms with Crippen molar-refractivity contribution in [3.05, 3.63) is 29.8 Å². The van der Waals surface area contributed by atoms with E-state index in [0.717, 1.165) is 18.5 Å². The Kier molecular flexibility index (Phi) is 7.33. The molecule has 0 spiro atoms. The minimum Gasteiger partial charge on any atom is -0.326 e. The van der Waals surface area contributed by atoms with Crippen molar-refractivity contribution < 1.29 is 4.79 Å². The average Bonchev–Trinajstić information content (AvgIpc) is 2.23. The number of carbonyl (C=O) groups excluding carboxylic acids is 1. The molecule has 0 aliphatic rings. The van der Waals surface area contributed by atoms with Crippen LogP contribution in [0.5, 0.6) is 0 Å². The Bertz CT molecular complexity index is 294. The van der Waals surface area contributed by atoms with E-state index >= 15 is 0 Å². The molecule has 2 nitrogen and oxygen atoms in total. The highest BCUT2D eigenvalue weighted by Gasteiger charge is 2.00. The fourth-order valence-electron chi connectivity index (χ4n) is 1.32. The van der Waals surface area contributed by atoms with Gasteiger partial charge in [0.15, 0.2) is 0 Å². The summed E-state index contributed by atoms with van der Waals surface area (Å²) in [6, 6.07) is 7.92. The Labute approximate surface area is 92.7 Å². The van der Waals surface area contributed by atoms with Crippen LogP contribution in [-0.2, 0) is 11.2 Å². The molecule has 0 atom stereocenters. The first kappa shape index (κ1) is 13.7. The predicted octanol–water partition coefficient (Wildman–Crippen LogP) is 3.62. The molecule has 1 aromatic carbocycles. The molecule has 1 N–H and O–H groups in total. The number of nitrogens with one attached hydrogen (secondary N) is 1. The third kappa shape index (κ3) is 5.21. The second-order valence-electron chi connectivity index (χ2n) is 3.09. The van der Waals surface area contributed by atoms with Gasteiger partial charge in [-0.1, -0.05) is 45.4 Å². The number of aryl methyl sites for hydroxylation is 1. The summed E-state index contributed by atoms with van der Waals surface area (Å²) in [5, 5.41) is 2.82. The Morgan fingerprint density at radius 2 is 1.87 bits per heavy atom. The van der Waals surface area contributed by atoms with Crippen molar-refractivity contribution in [2.75, 3.05) is 5.32 Å². The topological polar surface area (TPSA) is 29.1 Å². The Hall–Kier alpha value is -1.31. The van der Waals surface area contributed by atoms with Crippen LogP contribution in [0.2, 0.25) is 0 Å². The lowest BCUT2D eigenvalue weighted by Crippen LogP contribution is -2.07. The number of hydrogen-bond donors (Lipinski definition) is 1. The third-order valence-electron chi connectivity index (χ3n) is 1.85. The van der Waals surface area contributed by atoms with E-state index in [1.54, 1.807) is 0 Å². The van der Waals surface area contributed by atoms with E-state index in [2.05, 4.69) is 18.3 Å². The lowest BCUT2D eigenvalue weighted by molar-refractivity contribution is -0.114. The third-order valence-corrected chi connectivity index (χ3v) is 1.85. The second-order valence-corrected chi connectivity index (χ2v) is 3.09. The summed E-state index contributed by atoms with van der Waals surface area (Å²) >= 11 is 0. The van der Waals surface area contributed by atoms with E-state index in [-0.39, 0.29) is 5.91 Å². The van der Waals surface area contributed by atoms with E-state index in [0.29, 0.717) is 0 Å². The van der Waals surface area contributed by atoms with Gasteiger partial charge in [0.2, 0.25) is 5.91 Å². The summed E-state index contributed by atoms with van der Waals surface area (Å²) in [5.41, 5.74) is 2.15. The van der Waals surface area contributed by atoms with Crippen LogP contribution >= 0.6 is 0 Å². The zero-order chi connectivity index (χ0) is 11.7. The smallest absolute Gasteiger partial charge is 0.221 e. The van der Waals surface area contributed by atoms with Crippen molar-refractivity contribution in [3.8, 4) is 0 Å². The van der Waals surface area contributed by atoms with E-state index in [9.17, 15) is 4.79 Å². The van der Waals surface area contributed by atoms with Gasteiger partial charge in [-0.3, -0.25) is 4.79 Å². The van der Waals surface area contributed by atoms with E-state index in [4.69, 9.17) is 0 Å². The number of benzene rings is 1. The molecule has 1 aromatic rings. The Balaban J connectivity index is 0.000000921. The molecular weight excluding hydrogens is 186 g/mol. The minimum absolute atomic E-state index is 0.0106. The fraction of sp³-hybridized carbons (Fsp3) is 0.462. The first-order valence-electron chi connectivity index (χ1n) is 5.59. The monoisotopic (exact) mass is 207 g/mol. The lowest BCUT2D eigenvalue weighted by atomic mass is 10.1. The van der Waals surface area contributed by atoms with Gasteiger partial charge < -0.3 is 5.32 Å². The number of amides is 1. The van der Waals surface area contributed by atoms with Gasteiger partial charge in [0.1, 0.15) is 0 Å². The zero-order valence-corrected chi connectivity index (χ0v) is 10.1. The van der Waals surface area contributed by atoms with Crippen LogP contribution < -0.4 is 5.32 Å². The van der Waals surface area contributed by atoms with Gasteiger partial charge in [0.25, 0.3) is 0 Å². The molecule has 15 heavy (non-hydrogen) atoms. The first-order valence-corrected chi connectivity index (χ1v) is 5.59. The van der Waals surface area contributed by atoms with Crippen LogP contribution in [0.25, 0.3) is 0 Å². The van der Waals surface area contributed by atoms with Crippen molar-refractivity contribution >= 4 is 11.6 Å². The molecule has 2 heteroatoms. The molecule has 0 unspecified atom stereocenters. The van der Waals surface area contributed by atoms with Gasteiger partial charge in [-0.05, 0) is 18.1 Å². The SMILES string of the molecule is CC.CCCc1ccccc1NC(C)=O. The van der Waals surface area contributed by atoms with Crippen LogP contribution in [-0.4, -0.2) is 5.91 Å². The summed E-state index contributed by atoms with van der Waals surface area (Å²) < 4.78 is 0. The Morgan fingerprint density at radius 3 is 2.40 bits per heavy atom. The normalized spacial score (nSPS) is 8.80. The maximum Gasteiger partial charge on any atom is 0.221 e. The highest BCUT2D eigenvalue weighted by molar-refractivity contribution is 5.89. The number of hydrogen-bond acceptors (Lipinski definition) is 1. The van der Waals surface area contributed by atoms with Gasteiger partial charge in [-0.25, -0.2) is 0 Å². The Morgan fingerprint density at radius 1 is 1.27 bits per heavy atom. The number of carbonyl (C=O) groups is 1. The number of rotatable bonds is 3. The quantitative estimate of drug-likeness (QED) is 0.805. The zero-order valence-electron chi connectivity index (χ0n) is 10.1. The predicted molar refractivity (Wildman–Crippen MR) is 66.1 cm³/mol. The molecule has 0 fully saturated rings. The van der Waals surface area contributed by atoms with Crippen molar-refractivity contribution in [1.82, 2.24) is 0 Å². The van der Waals surface area contributed by atoms with Crippen LogP contribution in [0, 0.1) is 0 Å². The fourth-order valence-corrected chi connectivity index (χ4v) is 1.32. The summed E-state index contributed by atoms with van der Waals surface area (Å²) in [6.45, 7) is 7.66. The molecule has 84 valence electrons. The van der Waals surface area contributed by atoms with E-state index in [1.807, 2.05) is 32.0 Å². The van der Waals surface area contributed by atoms with Crippen molar-refractivity contribution in [1.29, 1.82) is 0 Å². The molecule has 1 rings (SSSR count). The highest BCUT2D eigenvalue weighted by atomic mass is 16.1. The molecule has 0 heterocycles. The summed E-state index contributed by atoms with van der Waals surface area (Å²) in [5.74, 6) is -0.0106. The molecule has 0 saturated carbocycles. The summed E-state index contributed by atoms with van der Waals surface area (Å²) in [7, 11) is 0. The molecule has 0 aliphatic heterocycles. The van der Waals surface area contributed by atoms with Crippen LogP contribution in [0.15, 0.2) is 24.3 Å². The second kappa shape index (κ2) is 8.04. The lowest BCUT2D eigenvalue weighted by Gasteiger charge is -2.07. The minimum atomic E-state index is -0.0106. The van der Waals surface area contributed by atoms with Gasteiger partial charge >= 0.3 is 0 Å².